The topological polar surface area (TPSA) is 63.8 Å². The van der Waals surface area contributed by atoms with E-state index in [0.29, 0.717) is 12.0 Å². The fourth-order valence-electron chi connectivity index (χ4n) is 2.29. The van der Waals surface area contributed by atoms with Crippen molar-refractivity contribution in [1.29, 1.82) is 0 Å². The molecule has 0 radical (unpaired) electrons. The number of nitrogens with one attached hydrogen (secondary N) is 1. The van der Waals surface area contributed by atoms with Crippen LogP contribution >= 0.6 is 0 Å². The summed E-state index contributed by atoms with van der Waals surface area (Å²) in [6.45, 7) is 2.34. The zero-order chi connectivity index (χ0) is 11.4. The van der Waals surface area contributed by atoms with E-state index >= 15 is 0 Å². The molecule has 0 amide bonds. The van der Waals surface area contributed by atoms with Crippen LogP contribution in [0.5, 0.6) is 0 Å². The smallest absolute Gasteiger partial charge is 0.221 e. The summed E-state index contributed by atoms with van der Waals surface area (Å²) in [4.78, 5) is 8.06. The predicted octanol–water partition coefficient (Wildman–Crippen LogP) is 2.44. The molecule has 3 N–H and O–H groups in total. The molecule has 1 aromatic heterocycles. The number of hydrogen-bond donors (Lipinski definition) is 2. The standard InChI is InChI=1S/C12H20N4/c1-9-3-2-4-10(6-5-9)15-11-7-8-14-12(13)16-11/h7-10H,2-6H2,1H3,(H3,13,14,15,16). The number of hydrogen-bond acceptors (Lipinski definition) is 4. The minimum absolute atomic E-state index is 0.340. The molecule has 4 heteroatoms. The van der Waals surface area contributed by atoms with Gasteiger partial charge in [0, 0.05) is 12.2 Å². The van der Waals surface area contributed by atoms with Gasteiger partial charge in [-0.05, 0) is 31.2 Å². The Bertz CT molecular complexity index is 340. The van der Waals surface area contributed by atoms with Gasteiger partial charge in [-0.2, -0.15) is 4.98 Å². The van der Waals surface area contributed by atoms with Crippen molar-refractivity contribution in [2.45, 2.75) is 45.1 Å². The van der Waals surface area contributed by atoms with E-state index in [1.165, 1.54) is 32.1 Å². The molecule has 1 aliphatic rings. The molecule has 1 saturated carbocycles. The monoisotopic (exact) mass is 220 g/mol. The van der Waals surface area contributed by atoms with Gasteiger partial charge in [-0.15, -0.1) is 0 Å². The zero-order valence-electron chi connectivity index (χ0n) is 9.82. The summed E-state index contributed by atoms with van der Waals surface area (Å²) < 4.78 is 0. The van der Waals surface area contributed by atoms with Crippen LogP contribution in [-0.4, -0.2) is 16.0 Å². The minimum atomic E-state index is 0.340. The van der Waals surface area contributed by atoms with Gasteiger partial charge < -0.3 is 11.1 Å². The molecule has 0 bridgehead atoms. The van der Waals surface area contributed by atoms with Crippen LogP contribution in [0.3, 0.4) is 0 Å². The van der Waals surface area contributed by atoms with Crippen LogP contribution in [0.4, 0.5) is 11.8 Å². The fourth-order valence-corrected chi connectivity index (χ4v) is 2.29. The minimum Gasteiger partial charge on any atom is -0.368 e. The van der Waals surface area contributed by atoms with Crippen molar-refractivity contribution in [1.82, 2.24) is 9.97 Å². The number of aromatic nitrogens is 2. The van der Waals surface area contributed by atoms with Gasteiger partial charge >= 0.3 is 0 Å². The van der Waals surface area contributed by atoms with E-state index in [1.807, 2.05) is 6.07 Å². The van der Waals surface area contributed by atoms with Gasteiger partial charge in [0.25, 0.3) is 0 Å². The maximum atomic E-state index is 5.55. The highest BCUT2D eigenvalue weighted by atomic mass is 15.1. The Balaban J connectivity index is 1.93. The molecule has 2 unspecified atom stereocenters. The summed E-state index contributed by atoms with van der Waals surface area (Å²) in [7, 11) is 0. The molecule has 0 saturated heterocycles. The Kier molecular flexibility index (Phi) is 3.59. The summed E-state index contributed by atoms with van der Waals surface area (Å²) in [5.74, 6) is 2.06. The molecule has 2 rings (SSSR count). The van der Waals surface area contributed by atoms with Crippen molar-refractivity contribution in [3.8, 4) is 0 Å². The van der Waals surface area contributed by atoms with Crippen LogP contribution in [0, 0.1) is 5.92 Å². The third-order valence-electron chi connectivity index (χ3n) is 3.28. The van der Waals surface area contributed by atoms with E-state index in [2.05, 4.69) is 22.2 Å². The van der Waals surface area contributed by atoms with Gasteiger partial charge in [-0.3, -0.25) is 0 Å². The van der Waals surface area contributed by atoms with Crippen LogP contribution in [-0.2, 0) is 0 Å². The Morgan fingerprint density at radius 1 is 1.31 bits per heavy atom. The second-order valence-corrected chi connectivity index (χ2v) is 4.75. The second-order valence-electron chi connectivity index (χ2n) is 4.75. The first-order valence-electron chi connectivity index (χ1n) is 6.09. The fraction of sp³-hybridized carbons (Fsp3) is 0.667. The molecule has 1 aliphatic carbocycles. The molecule has 1 fully saturated rings. The molecule has 2 atom stereocenters. The van der Waals surface area contributed by atoms with Crippen LogP contribution in [0.2, 0.25) is 0 Å². The first-order chi connectivity index (χ1) is 7.74. The lowest BCUT2D eigenvalue weighted by atomic mass is 10.0. The summed E-state index contributed by atoms with van der Waals surface area (Å²) in [6.07, 6.45) is 8.12. The van der Waals surface area contributed by atoms with Crippen molar-refractivity contribution in [2.75, 3.05) is 11.1 Å². The van der Waals surface area contributed by atoms with E-state index < -0.39 is 0 Å². The largest absolute Gasteiger partial charge is 0.368 e. The van der Waals surface area contributed by atoms with Crippen molar-refractivity contribution in [3.63, 3.8) is 0 Å². The molecular formula is C12H20N4. The first-order valence-corrected chi connectivity index (χ1v) is 6.09. The lowest BCUT2D eigenvalue weighted by Gasteiger charge is -2.16. The Labute approximate surface area is 96.7 Å². The van der Waals surface area contributed by atoms with E-state index in [0.717, 1.165) is 11.7 Å². The lowest BCUT2D eigenvalue weighted by molar-refractivity contribution is 0.502. The van der Waals surface area contributed by atoms with Crippen LogP contribution < -0.4 is 11.1 Å². The van der Waals surface area contributed by atoms with Gasteiger partial charge in [-0.25, -0.2) is 4.98 Å². The Morgan fingerprint density at radius 2 is 2.19 bits per heavy atom. The SMILES string of the molecule is CC1CCCC(Nc2ccnc(N)n2)CC1. The summed E-state index contributed by atoms with van der Waals surface area (Å²) >= 11 is 0. The van der Waals surface area contributed by atoms with Gasteiger partial charge in [0.1, 0.15) is 5.82 Å². The Morgan fingerprint density at radius 3 is 3.00 bits per heavy atom. The second kappa shape index (κ2) is 5.14. The summed E-state index contributed by atoms with van der Waals surface area (Å²) in [6, 6.07) is 2.42. The van der Waals surface area contributed by atoms with Crippen molar-refractivity contribution < 1.29 is 0 Å². The molecule has 4 nitrogen and oxygen atoms in total. The van der Waals surface area contributed by atoms with Gasteiger partial charge in [0.15, 0.2) is 0 Å². The van der Waals surface area contributed by atoms with Crippen molar-refractivity contribution >= 4 is 11.8 Å². The predicted molar refractivity (Wildman–Crippen MR) is 66.1 cm³/mol. The van der Waals surface area contributed by atoms with E-state index in [4.69, 9.17) is 5.73 Å². The van der Waals surface area contributed by atoms with E-state index in [-0.39, 0.29) is 0 Å². The third kappa shape index (κ3) is 3.08. The molecule has 1 heterocycles. The maximum Gasteiger partial charge on any atom is 0.221 e. The molecule has 0 aromatic carbocycles. The number of anilines is 2. The summed E-state index contributed by atoms with van der Waals surface area (Å²) in [5, 5.41) is 3.45. The highest BCUT2D eigenvalue weighted by molar-refractivity contribution is 5.38. The van der Waals surface area contributed by atoms with E-state index in [9.17, 15) is 0 Å². The van der Waals surface area contributed by atoms with Crippen LogP contribution in [0.15, 0.2) is 12.3 Å². The molecule has 0 spiro atoms. The third-order valence-corrected chi connectivity index (χ3v) is 3.28. The highest BCUT2D eigenvalue weighted by Gasteiger charge is 2.16. The van der Waals surface area contributed by atoms with Crippen LogP contribution in [0.25, 0.3) is 0 Å². The zero-order valence-corrected chi connectivity index (χ0v) is 9.82. The average molecular weight is 220 g/mol. The number of nitrogen functional groups attached to an aromatic ring is 1. The van der Waals surface area contributed by atoms with Crippen molar-refractivity contribution in [3.05, 3.63) is 12.3 Å². The molecule has 1 aromatic rings. The Hall–Kier alpha value is -1.32. The number of nitrogens with two attached hydrogens (primary N) is 1. The maximum absolute atomic E-state index is 5.55. The molecule has 16 heavy (non-hydrogen) atoms. The molecule has 0 aliphatic heterocycles. The van der Waals surface area contributed by atoms with Gasteiger partial charge in [0.05, 0.1) is 0 Å². The van der Waals surface area contributed by atoms with Crippen molar-refractivity contribution in [2.24, 2.45) is 5.92 Å². The van der Waals surface area contributed by atoms with Gasteiger partial charge in [0.2, 0.25) is 5.95 Å². The lowest BCUT2D eigenvalue weighted by Crippen LogP contribution is -2.19. The quantitative estimate of drug-likeness (QED) is 0.751. The summed E-state index contributed by atoms with van der Waals surface area (Å²) in [5.41, 5.74) is 5.55. The highest BCUT2D eigenvalue weighted by Crippen LogP contribution is 2.24. The number of rotatable bonds is 2. The van der Waals surface area contributed by atoms with Crippen LogP contribution in [0.1, 0.15) is 39.0 Å². The van der Waals surface area contributed by atoms with E-state index in [1.54, 1.807) is 6.20 Å². The van der Waals surface area contributed by atoms with Gasteiger partial charge in [-0.1, -0.05) is 19.8 Å². The molecule has 88 valence electrons. The first kappa shape index (κ1) is 11.2. The number of nitrogens with zero attached hydrogens (tertiary/aromatic N) is 2. The normalized spacial score (nSPS) is 26.1. The molecular weight excluding hydrogens is 200 g/mol. The average Bonchev–Trinajstić information content (AvgIpc) is 2.44.